The Morgan fingerprint density at radius 3 is 1.94 bits per heavy atom. The molecule has 0 bridgehead atoms. The topological polar surface area (TPSA) is 79.5 Å². The van der Waals surface area contributed by atoms with Gasteiger partial charge in [-0.05, 0) is 42.4 Å². The highest BCUT2D eigenvalue weighted by molar-refractivity contribution is 7.80. The van der Waals surface area contributed by atoms with Gasteiger partial charge in [0.2, 0.25) is 5.91 Å². The van der Waals surface area contributed by atoms with Crippen molar-refractivity contribution in [2.24, 2.45) is 5.92 Å². The van der Waals surface area contributed by atoms with E-state index in [0.717, 1.165) is 11.3 Å². The number of anilines is 1. The van der Waals surface area contributed by atoms with E-state index in [2.05, 4.69) is 16.0 Å². The van der Waals surface area contributed by atoms with Crippen LogP contribution in [0.15, 0.2) is 91.0 Å². The molecule has 6 nitrogen and oxygen atoms in total. The van der Waals surface area contributed by atoms with Crippen LogP contribution >= 0.6 is 12.2 Å². The van der Waals surface area contributed by atoms with E-state index in [1.165, 1.54) is 0 Å². The van der Waals surface area contributed by atoms with Gasteiger partial charge in [0.05, 0.1) is 12.1 Å². The second-order valence-corrected chi connectivity index (χ2v) is 8.86. The van der Waals surface area contributed by atoms with Gasteiger partial charge < -0.3 is 20.7 Å². The van der Waals surface area contributed by atoms with Crippen molar-refractivity contribution in [3.8, 4) is 0 Å². The molecule has 0 fully saturated rings. The Hall–Kier alpha value is -3.55. The van der Waals surface area contributed by atoms with E-state index < -0.39 is 12.1 Å². The number of ether oxygens (including phenoxy) is 1. The maximum atomic E-state index is 12.9. The highest BCUT2D eigenvalue weighted by Crippen LogP contribution is 2.10. The highest BCUT2D eigenvalue weighted by Gasteiger charge is 2.24. The molecular formula is C28H31N3O3S. The summed E-state index contributed by atoms with van der Waals surface area (Å²) in [6, 6.07) is 26.9. The molecule has 0 aliphatic heterocycles. The average Bonchev–Trinajstić information content (AvgIpc) is 2.88. The van der Waals surface area contributed by atoms with Gasteiger partial charge in [-0.25, -0.2) is 0 Å². The summed E-state index contributed by atoms with van der Waals surface area (Å²) in [7, 11) is 0. The molecule has 0 spiro atoms. The van der Waals surface area contributed by atoms with Crippen molar-refractivity contribution in [1.29, 1.82) is 0 Å². The van der Waals surface area contributed by atoms with Crippen LogP contribution < -0.4 is 16.0 Å². The second kappa shape index (κ2) is 13.4. The number of hydrogen-bond donors (Lipinski definition) is 3. The predicted molar refractivity (Wildman–Crippen MR) is 143 cm³/mol. The molecule has 3 aromatic carbocycles. The normalized spacial score (nSPS) is 12.4. The van der Waals surface area contributed by atoms with Gasteiger partial charge in [0, 0.05) is 23.4 Å². The summed E-state index contributed by atoms with van der Waals surface area (Å²) in [5.74, 6) is -0.336. The van der Waals surface area contributed by atoms with Crippen LogP contribution in [-0.4, -0.2) is 42.1 Å². The Balaban J connectivity index is 1.66. The Labute approximate surface area is 212 Å². The Morgan fingerprint density at radius 2 is 1.37 bits per heavy atom. The van der Waals surface area contributed by atoms with Gasteiger partial charge in [0.1, 0.15) is 6.61 Å². The van der Waals surface area contributed by atoms with Crippen molar-refractivity contribution < 1.29 is 14.3 Å². The van der Waals surface area contributed by atoms with E-state index in [1.54, 1.807) is 12.1 Å². The molecule has 0 saturated heterocycles. The molecule has 3 aromatic rings. The smallest absolute Gasteiger partial charge is 0.251 e. The van der Waals surface area contributed by atoms with Gasteiger partial charge in [-0.15, -0.1) is 0 Å². The first-order valence-corrected chi connectivity index (χ1v) is 12.0. The number of rotatable bonds is 11. The molecule has 0 aromatic heterocycles. The lowest BCUT2D eigenvalue weighted by Gasteiger charge is -2.26. The minimum Gasteiger partial charge on any atom is -0.481 e. The highest BCUT2D eigenvalue weighted by atomic mass is 32.1. The first-order valence-electron chi connectivity index (χ1n) is 11.6. The summed E-state index contributed by atoms with van der Waals surface area (Å²) in [6.45, 7) is 4.42. The van der Waals surface area contributed by atoms with E-state index in [4.69, 9.17) is 17.0 Å². The van der Waals surface area contributed by atoms with Crippen LogP contribution in [0.3, 0.4) is 0 Å². The molecule has 0 unspecified atom stereocenters. The van der Waals surface area contributed by atoms with Crippen molar-refractivity contribution in [2.75, 3.05) is 18.5 Å². The zero-order chi connectivity index (χ0) is 25.0. The van der Waals surface area contributed by atoms with Crippen molar-refractivity contribution in [1.82, 2.24) is 10.6 Å². The third-order valence-electron chi connectivity index (χ3n) is 5.37. The van der Waals surface area contributed by atoms with E-state index in [-0.39, 0.29) is 24.3 Å². The van der Waals surface area contributed by atoms with Gasteiger partial charge in [-0.3, -0.25) is 9.59 Å². The van der Waals surface area contributed by atoms with Crippen molar-refractivity contribution in [2.45, 2.75) is 25.9 Å². The zero-order valence-corrected chi connectivity index (χ0v) is 20.8. The van der Waals surface area contributed by atoms with Crippen LogP contribution in [-0.2, 0) is 9.53 Å². The molecule has 2 amide bonds. The van der Waals surface area contributed by atoms with Crippen molar-refractivity contribution in [3.63, 3.8) is 0 Å². The van der Waals surface area contributed by atoms with Crippen LogP contribution in [0.2, 0.25) is 0 Å². The lowest BCUT2D eigenvalue weighted by atomic mass is 10.0. The van der Waals surface area contributed by atoms with Crippen LogP contribution in [0.25, 0.3) is 0 Å². The predicted octanol–water partition coefficient (Wildman–Crippen LogP) is 4.43. The zero-order valence-electron chi connectivity index (χ0n) is 19.9. The SMILES string of the molecule is CC(C)[C@H](NC[C@@H](COC(=S)c1ccccc1)NC(=O)c1ccccc1)C(=O)Nc1ccccc1. The van der Waals surface area contributed by atoms with Gasteiger partial charge >= 0.3 is 0 Å². The Morgan fingerprint density at radius 1 is 0.829 bits per heavy atom. The number of benzene rings is 3. The van der Waals surface area contributed by atoms with Crippen LogP contribution in [0.1, 0.15) is 29.8 Å². The van der Waals surface area contributed by atoms with Crippen molar-refractivity contribution >= 4 is 34.8 Å². The third kappa shape index (κ3) is 8.31. The lowest BCUT2D eigenvalue weighted by molar-refractivity contribution is -0.119. The Kier molecular flexibility index (Phi) is 9.95. The molecular weight excluding hydrogens is 458 g/mol. The fourth-order valence-electron chi connectivity index (χ4n) is 3.49. The molecule has 0 radical (unpaired) electrons. The largest absolute Gasteiger partial charge is 0.481 e. The number of para-hydroxylation sites is 1. The first kappa shape index (κ1) is 26.1. The maximum absolute atomic E-state index is 12.9. The monoisotopic (exact) mass is 489 g/mol. The fraction of sp³-hybridized carbons (Fsp3) is 0.250. The molecule has 0 aliphatic rings. The standard InChI is InChI=1S/C28H31N3O3S/c1-20(2)25(27(33)30-23-16-10-5-11-17-23)29-18-24(31-26(32)21-12-6-3-7-13-21)19-34-28(35)22-14-8-4-9-15-22/h3-17,20,24-25,29H,18-19H2,1-2H3,(H,30,33)(H,31,32)/t24-,25-/m0/s1. The number of thiocarbonyl (C=S) groups is 1. The van der Waals surface area contributed by atoms with Crippen LogP contribution in [0.5, 0.6) is 0 Å². The minimum atomic E-state index is -0.465. The van der Waals surface area contributed by atoms with Crippen LogP contribution in [0.4, 0.5) is 5.69 Å². The van der Waals surface area contributed by atoms with Crippen LogP contribution in [0, 0.1) is 5.92 Å². The molecule has 0 aliphatic carbocycles. The van der Waals surface area contributed by atoms with E-state index in [9.17, 15) is 9.59 Å². The molecule has 182 valence electrons. The molecule has 3 rings (SSSR count). The van der Waals surface area contributed by atoms with E-state index >= 15 is 0 Å². The number of amides is 2. The number of carbonyl (C=O) groups is 2. The molecule has 35 heavy (non-hydrogen) atoms. The third-order valence-corrected chi connectivity index (χ3v) is 5.72. The molecule has 3 N–H and O–H groups in total. The molecule has 7 heteroatoms. The summed E-state index contributed by atoms with van der Waals surface area (Å²) >= 11 is 5.42. The van der Waals surface area contributed by atoms with E-state index in [0.29, 0.717) is 17.2 Å². The fourth-order valence-corrected chi connectivity index (χ4v) is 3.69. The summed E-state index contributed by atoms with van der Waals surface area (Å²) in [5.41, 5.74) is 2.08. The number of hydrogen-bond acceptors (Lipinski definition) is 5. The maximum Gasteiger partial charge on any atom is 0.251 e. The first-order chi connectivity index (χ1) is 16.9. The van der Waals surface area contributed by atoms with Gasteiger partial charge in [0.25, 0.3) is 5.91 Å². The van der Waals surface area contributed by atoms with Gasteiger partial charge in [-0.1, -0.05) is 80.6 Å². The summed E-state index contributed by atoms with van der Waals surface area (Å²) in [6.07, 6.45) is 0. The minimum absolute atomic E-state index is 0.0236. The molecule has 0 heterocycles. The van der Waals surface area contributed by atoms with Gasteiger partial charge in [-0.2, -0.15) is 0 Å². The number of nitrogens with one attached hydrogen (secondary N) is 3. The quantitative estimate of drug-likeness (QED) is 0.347. The lowest BCUT2D eigenvalue weighted by Crippen LogP contribution is -2.52. The summed E-state index contributed by atoms with van der Waals surface area (Å²) < 4.78 is 5.85. The summed E-state index contributed by atoms with van der Waals surface area (Å²) in [4.78, 5) is 25.8. The van der Waals surface area contributed by atoms with Crippen molar-refractivity contribution in [3.05, 3.63) is 102 Å². The average molecular weight is 490 g/mol. The second-order valence-electron chi connectivity index (χ2n) is 8.49. The summed E-state index contributed by atoms with van der Waals surface area (Å²) in [5, 5.41) is 9.61. The van der Waals surface area contributed by atoms with E-state index in [1.807, 2.05) is 92.7 Å². The molecule has 0 saturated carbocycles. The molecule has 2 atom stereocenters. The number of carbonyl (C=O) groups excluding carboxylic acids is 2. The van der Waals surface area contributed by atoms with Gasteiger partial charge in [0.15, 0.2) is 5.05 Å². The Bertz CT molecular complexity index is 1090.